The van der Waals surface area contributed by atoms with Gasteiger partial charge in [0.05, 0.1) is 5.69 Å². The topological polar surface area (TPSA) is 57.9 Å². The summed E-state index contributed by atoms with van der Waals surface area (Å²) in [5, 5.41) is 8.67. The van der Waals surface area contributed by atoms with Crippen LogP contribution in [0.2, 0.25) is 5.15 Å². The zero-order chi connectivity index (χ0) is 15.9. The number of aromatic nitrogens is 1. The third-order valence-electron chi connectivity index (χ3n) is 3.05. The Morgan fingerprint density at radius 2 is 2.00 bits per heavy atom. The summed E-state index contributed by atoms with van der Waals surface area (Å²) in [6, 6.07) is 7.87. The zero-order valence-electron chi connectivity index (χ0n) is 12.5. The van der Waals surface area contributed by atoms with Gasteiger partial charge in [-0.3, -0.25) is 4.79 Å². The quantitative estimate of drug-likeness (QED) is 0.511. The predicted molar refractivity (Wildman–Crippen MR) is 91.3 cm³/mol. The standard InChI is InChI=1S/C15H17ClN4OS/c1-3-9-20(4-2)12-7-5-11(6-8-12)18-19-15-17-14(16)13(10-21)22-15/h5-8,10H,3-4,9H2,1-2H3. The van der Waals surface area contributed by atoms with Crippen molar-refractivity contribution in [3.05, 3.63) is 34.3 Å². The van der Waals surface area contributed by atoms with Crippen molar-refractivity contribution < 1.29 is 4.79 Å². The summed E-state index contributed by atoms with van der Waals surface area (Å²) in [5.41, 5.74) is 1.90. The number of carbonyl (C=O) groups is 1. The molecule has 0 N–H and O–H groups in total. The lowest BCUT2D eigenvalue weighted by Crippen LogP contribution is -2.23. The molecule has 5 nitrogen and oxygen atoms in total. The summed E-state index contributed by atoms with van der Waals surface area (Å²) < 4.78 is 0. The van der Waals surface area contributed by atoms with Crippen molar-refractivity contribution in [1.29, 1.82) is 0 Å². The molecule has 0 bridgehead atoms. The molecule has 116 valence electrons. The average molecular weight is 337 g/mol. The third kappa shape index (κ3) is 4.11. The SMILES string of the molecule is CCCN(CC)c1ccc(N=Nc2nc(Cl)c(C=O)s2)cc1. The Balaban J connectivity index is 2.09. The van der Waals surface area contributed by atoms with Crippen LogP contribution >= 0.6 is 22.9 Å². The van der Waals surface area contributed by atoms with Crippen molar-refractivity contribution in [3.8, 4) is 0 Å². The Morgan fingerprint density at radius 1 is 1.27 bits per heavy atom. The van der Waals surface area contributed by atoms with Gasteiger partial charge in [0.2, 0.25) is 5.13 Å². The Bertz CT molecular complexity index is 654. The van der Waals surface area contributed by atoms with Crippen LogP contribution in [0, 0.1) is 0 Å². The van der Waals surface area contributed by atoms with E-state index in [1.807, 2.05) is 24.3 Å². The van der Waals surface area contributed by atoms with Gasteiger partial charge in [-0.2, -0.15) is 0 Å². The van der Waals surface area contributed by atoms with E-state index in [0.717, 1.165) is 36.5 Å². The molecule has 0 spiro atoms. The fraction of sp³-hybridized carbons (Fsp3) is 0.333. The molecule has 1 aromatic carbocycles. The fourth-order valence-electron chi connectivity index (χ4n) is 1.99. The first-order valence-electron chi connectivity index (χ1n) is 7.06. The van der Waals surface area contributed by atoms with Crippen LogP contribution in [0.5, 0.6) is 0 Å². The molecule has 22 heavy (non-hydrogen) atoms. The molecule has 0 amide bonds. The van der Waals surface area contributed by atoms with Crippen LogP contribution in [0.15, 0.2) is 34.5 Å². The van der Waals surface area contributed by atoms with Crippen LogP contribution in [-0.4, -0.2) is 24.4 Å². The molecule has 0 aliphatic heterocycles. The average Bonchev–Trinajstić information content (AvgIpc) is 2.91. The lowest BCUT2D eigenvalue weighted by Gasteiger charge is -2.22. The Labute approximate surface area is 138 Å². The Morgan fingerprint density at radius 3 is 2.55 bits per heavy atom. The molecular formula is C15H17ClN4OS. The van der Waals surface area contributed by atoms with Crippen molar-refractivity contribution in [3.63, 3.8) is 0 Å². The molecule has 0 radical (unpaired) electrons. The van der Waals surface area contributed by atoms with Gasteiger partial charge in [0.15, 0.2) is 11.4 Å². The van der Waals surface area contributed by atoms with Crippen LogP contribution in [0.4, 0.5) is 16.5 Å². The second-order valence-electron chi connectivity index (χ2n) is 4.57. The summed E-state index contributed by atoms with van der Waals surface area (Å²) in [4.78, 5) is 17.3. The molecule has 0 aliphatic rings. The minimum Gasteiger partial charge on any atom is -0.372 e. The summed E-state index contributed by atoms with van der Waals surface area (Å²) in [6.45, 7) is 6.31. The number of azo groups is 1. The highest BCUT2D eigenvalue weighted by Crippen LogP contribution is 2.29. The molecule has 1 aromatic heterocycles. The van der Waals surface area contributed by atoms with E-state index in [1.54, 1.807) is 0 Å². The molecule has 0 fully saturated rings. The van der Waals surface area contributed by atoms with Crippen LogP contribution < -0.4 is 4.90 Å². The summed E-state index contributed by atoms with van der Waals surface area (Å²) in [5.74, 6) is 0. The van der Waals surface area contributed by atoms with Gasteiger partial charge >= 0.3 is 0 Å². The van der Waals surface area contributed by atoms with Gasteiger partial charge in [0, 0.05) is 18.8 Å². The Kier molecular flexibility index (Phi) is 6.03. The number of rotatable bonds is 7. The van der Waals surface area contributed by atoms with Crippen LogP contribution in [0.25, 0.3) is 0 Å². The zero-order valence-corrected chi connectivity index (χ0v) is 14.1. The summed E-state index contributed by atoms with van der Waals surface area (Å²) in [6.07, 6.45) is 1.78. The number of thiazole rings is 1. The number of nitrogens with zero attached hydrogens (tertiary/aromatic N) is 4. The first kappa shape index (κ1) is 16.6. The maximum absolute atomic E-state index is 10.7. The molecule has 0 saturated heterocycles. The van der Waals surface area contributed by atoms with Crippen LogP contribution in [-0.2, 0) is 0 Å². The fourth-order valence-corrected chi connectivity index (χ4v) is 2.87. The minimum atomic E-state index is 0.169. The minimum absolute atomic E-state index is 0.169. The van der Waals surface area contributed by atoms with Crippen molar-refractivity contribution in [2.75, 3.05) is 18.0 Å². The molecule has 0 aliphatic carbocycles. The Hall–Kier alpha value is -1.79. The molecule has 1 heterocycles. The van der Waals surface area contributed by atoms with Gasteiger partial charge < -0.3 is 4.90 Å². The van der Waals surface area contributed by atoms with Gasteiger partial charge in [-0.25, -0.2) is 4.98 Å². The van der Waals surface area contributed by atoms with Gasteiger partial charge in [-0.05, 0) is 37.6 Å². The molecule has 2 rings (SSSR count). The van der Waals surface area contributed by atoms with E-state index in [-0.39, 0.29) is 5.15 Å². The van der Waals surface area contributed by atoms with Crippen molar-refractivity contribution >= 4 is 45.7 Å². The van der Waals surface area contributed by atoms with Gasteiger partial charge in [0.1, 0.15) is 4.88 Å². The van der Waals surface area contributed by atoms with E-state index in [2.05, 4.69) is 34.0 Å². The van der Waals surface area contributed by atoms with E-state index >= 15 is 0 Å². The predicted octanol–water partition coefficient (Wildman–Crippen LogP) is 5.26. The number of hydrogen-bond acceptors (Lipinski definition) is 6. The van der Waals surface area contributed by atoms with Crippen molar-refractivity contribution in [2.24, 2.45) is 10.2 Å². The first-order valence-corrected chi connectivity index (χ1v) is 8.25. The van der Waals surface area contributed by atoms with Crippen molar-refractivity contribution in [2.45, 2.75) is 20.3 Å². The summed E-state index contributed by atoms with van der Waals surface area (Å²) >= 11 is 6.91. The number of hydrogen-bond donors (Lipinski definition) is 0. The number of carbonyl (C=O) groups excluding carboxylic acids is 1. The molecule has 0 unspecified atom stereocenters. The number of halogens is 1. The monoisotopic (exact) mass is 336 g/mol. The number of benzene rings is 1. The maximum atomic E-state index is 10.7. The number of anilines is 1. The molecule has 0 atom stereocenters. The van der Waals surface area contributed by atoms with E-state index in [4.69, 9.17) is 11.6 Å². The molecule has 2 aromatic rings. The normalized spacial score (nSPS) is 11.0. The highest BCUT2D eigenvalue weighted by atomic mass is 35.5. The van der Waals surface area contributed by atoms with E-state index in [1.165, 1.54) is 5.69 Å². The lowest BCUT2D eigenvalue weighted by molar-refractivity contribution is 0.112. The van der Waals surface area contributed by atoms with E-state index in [9.17, 15) is 4.79 Å². The molecule has 7 heteroatoms. The first-order chi connectivity index (χ1) is 10.7. The molecular weight excluding hydrogens is 320 g/mol. The van der Waals surface area contributed by atoms with Crippen LogP contribution in [0.3, 0.4) is 0 Å². The second kappa shape index (κ2) is 8.00. The molecule has 0 saturated carbocycles. The third-order valence-corrected chi connectivity index (χ3v) is 4.31. The lowest BCUT2D eigenvalue weighted by atomic mass is 10.2. The van der Waals surface area contributed by atoms with Crippen molar-refractivity contribution in [1.82, 2.24) is 4.98 Å². The van der Waals surface area contributed by atoms with Crippen LogP contribution in [0.1, 0.15) is 29.9 Å². The summed E-state index contributed by atoms with van der Waals surface area (Å²) in [7, 11) is 0. The van der Waals surface area contributed by atoms with Gasteiger partial charge in [-0.15, -0.1) is 10.2 Å². The highest BCUT2D eigenvalue weighted by molar-refractivity contribution is 7.17. The smallest absolute Gasteiger partial charge is 0.232 e. The highest BCUT2D eigenvalue weighted by Gasteiger charge is 2.07. The largest absolute Gasteiger partial charge is 0.372 e. The van der Waals surface area contributed by atoms with Gasteiger partial charge in [-0.1, -0.05) is 29.9 Å². The van der Waals surface area contributed by atoms with E-state index in [0.29, 0.717) is 16.3 Å². The number of aldehydes is 1. The van der Waals surface area contributed by atoms with E-state index < -0.39 is 0 Å². The second-order valence-corrected chi connectivity index (χ2v) is 5.93. The maximum Gasteiger partial charge on any atom is 0.232 e. The van der Waals surface area contributed by atoms with Gasteiger partial charge in [0.25, 0.3) is 0 Å².